The molecule has 240 valence electrons. The van der Waals surface area contributed by atoms with Gasteiger partial charge in [-0.15, -0.1) is 0 Å². The van der Waals surface area contributed by atoms with Gasteiger partial charge in [-0.1, -0.05) is 152 Å². The first-order chi connectivity index (χ1) is 25.8. The number of aromatic nitrogens is 2. The number of fused-ring (bicyclic) bond motifs is 8. The normalized spacial score (nSPS) is 12.2. The quantitative estimate of drug-likeness (QED) is 0.167. The van der Waals surface area contributed by atoms with Crippen molar-refractivity contribution in [2.24, 2.45) is 0 Å². The first-order valence-corrected chi connectivity index (χ1v) is 18.0. The Hall–Kier alpha value is -6.90. The predicted molar refractivity (Wildman–Crippen MR) is 222 cm³/mol. The van der Waals surface area contributed by atoms with Gasteiger partial charge < -0.3 is 0 Å². The zero-order chi connectivity index (χ0) is 33.9. The summed E-state index contributed by atoms with van der Waals surface area (Å²) in [4.78, 5) is 0. The predicted octanol–water partition coefficient (Wildman–Crippen LogP) is 13.6. The molecule has 15 aromatic rings. The molecule has 2 nitrogen and oxygen atoms in total. The van der Waals surface area contributed by atoms with E-state index in [1.165, 1.54) is 109 Å². The maximum Gasteiger partial charge on any atom is 0.0800 e. The van der Waals surface area contributed by atoms with Crippen molar-refractivity contribution in [3.8, 4) is 22.3 Å². The zero-order valence-electron chi connectivity index (χ0n) is 28.2. The molecule has 2 aromatic heterocycles. The number of para-hydroxylation sites is 3. The van der Waals surface area contributed by atoms with Crippen LogP contribution in [0.25, 0.3) is 109 Å². The Labute approximate surface area is 299 Å². The van der Waals surface area contributed by atoms with Crippen LogP contribution in [0.4, 0.5) is 0 Å². The second kappa shape index (κ2) is 10.3. The molecule has 52 heavy (non-hydrogen) atoms. The fraction of sp³-hybridized carbons (Fsp3) is 0. The van der Waals surface area contributed by atoms with Gasteiger partial charge in [0.05, 0.1) is 22.1 Å². The molecule has 0 amide bonds. The van der Waals surface area contributed by atoms with Gasteiger partial charge in [-0.25, -0.2) is 9.35 Å². The Morgan fingerprint density at radius 3 is 1.27 bits per heavy atom. The maximum atomic E-state index is 2.50. The first-order valence-electron chi connectivity index (χ1n) is 18.0. The number of hydrogen-bond donors (Lipinski definition) is 0. The standard InChI is InChI=1S/C50H30N2/c1-3-13-31(14-4-1)47-40-26-24-34-30-43(40)48(32-15-5-2-6-16-32)39-25-23-33(29-42(39)47)35-27-28-41-38-19-9-12-22-46(38)52(50(41)49(34)35)51-44-20-10-7-17-36(44)37-18-8-11-21-45(37)51/h1-30H. The summed E-state index contributed by atoms with van der Waals surface area (Å²) < 4.78 is 4.95. The summed E-state index contributed by atoms with van der Waals surface area (Å²) in [7, 11) is 0. The summed E-state index contributed by atoms with van der Waals surface area (Å²) in [5.41, 5.74) is 9.84. The largest absolute Gasteiger partial charge is 0.248 e. The Kier molecular flexibility index (Phi) is 5.53. The minimum atomic E-state index is 1.19. The molecule has 2 heteroatoms. The maximum absolute atomic E-state index is 2.50. The molecule has 0 radical (unpaired) electrons. The number of rotatable bonds is 3. The minimum absolute atomic E-state index is 1.19. The third-order valence-corrected chi connectivity index (χ3v) is 11.4. The molecular weight excluding hydrogens is 629 g/mol. The third-order valence-electron chi connectivity index (χ3n) is 11.4. The topological polar surface area (TPSA) is 9.86 Å². The van der Waals surface area contributed by atoms with E-state index < -0.39 is 0 Å². The van der Waals surface area contributed by atoms with Crippen molar-refractivity contribution in [2.45, 2.75) is 0 Å². The summed E-state index contributed by atoms with van der Waals surface area (Å²) in [6.07, 6.45) is 0. The van der Waals surface area contributed by atoms with Crippen LogP contribution in [0.1, 0.15) is 0 Å². The van der Waals surface area contributed by atoms with Crippen LogP contribution in [0.15, 0.2) is 182 Å². The highest BCUT2D eigenvalue weighted by molar-refractivity contribution is 6.29. The average molecular weight is 659 g/mol. The highest BCUT2D eigenvalue weighted by Crippen LogP contribution is 2.47. The van der Waals surface area contributed by atoms with Gasteiger partial charge in [0, 0.05) is 26.9 Å². The number of hydrogen-bond acceptors (Lipinski definition) is 0. The summed E-state index contributed by atoms with van der Waals surface area (Å²) >= 11 is 0. The summed E-state index contributed by atoms with van der Waals surface area (Å²) in [6, 6.07) is 67.5. The van der Waals surface area contributed by atoms with E-state index in [-0.39, 0.29) is 0 Å². The SMILES string of the molecule is c1ccc(-c2c3ccc4cc3c(-c3ccccc3)c3ccc(cc23)c2ccc3c5ccccc5n(-n5c6ccccc6c6ccccc65)c3c42)cc1. The van der Waals surface area contributed by atoms with Crippen LogP contribution >= 0.6 is 0 Å². The lowest BCUT2D eigenvalue weighted by Gasteiger charge is -2.20. The molecule has 0 saturated heterocycles. The molecule has 0 aliphatic carbocycles. The van der Waals surface area contributed by atoms with Crippen molar-refractivity contribution in [1.82, 2.24) is 9.35 Å². The second-order valence-electron chi connectivity index (χ2n) is 14.1. The Balaban J connectivity index is 1.36. The van der Waals surface area contributed by atoms with E-state index in [0.717, 1.165) is 0 Å². The van der Waals surface area contributed by atoms with Gasteiger partial charge in [0.25, 0.3) is 0 Å². The van der Waals surface area contributed by atoms with Crippen LogP contribution < -0.4 is 0 Å². The second-order valence-corrected chi connectivity index (χ2v) is 14.1. The van der Waals surface area contributed by atoms with E-state index in [2.05, 4.69) is 191 Å². The van der Waals surface area contributed by atoms with Crippen LogP contribution in [0.3, 0.4) is 0 Å². The van der Waals surface area contributed by atoms with Crippen molar-refractivity contribution in [1.29, 1.82) is 0 Å². The minimum Gasteiger partial charge on any atom is -0.248 e. The van der Waals surface area contributed by atoms with Gasteiger partial charge >= 0.3 is 0 Å². The van der Waals surface area contributed by atoms with Crippen LogP contribution in [-0.2, 0) is 0 Å². The molecule has 0 N–H and O–H groups in total. The molecule has 15 rings (SSSR count). The van der Waals surface area contributed by atoms with Gasteiger partial charge in [-0.2, -0.15) is 0 Å². The zero-order valence-corrected chi connectivity index (χ0v) is 28.2. The van der Waals surface area contributed by atoms with Gasteiger partial charge in [-0.05, 0) is 90.3 Å². The third kappa shape index (κ3) is 3.63. The lowest BCUT2D eigenvalue weighted by Crippen LogP contribution is -2.08. The molecule has 0 atom stereocenters. The molecule has 0 unspecified atom stereocenters. The average Bonchev–Trinajstić information content (AvgIpc) is 3.72. The highest BCUT2D eigenvalue weighted by Gasteiger charge is 2.22. The lowest BCUT2D eigenvalue weighted by molar-refractivity contribution is 0.777. The van der Waals surface area contributed by atoms with Gasteiger partial charge in [0.1, 0.15) is 0 Å². The fourth-order valence-electron chi connectivity index (χ4n) is 9.28. The summed E-state index contributed by atoms with van der Waals surface area (Å²) in [5.74, 6) is 0. The molecule has 6 bridgehead atoms. The van der Waals surface area contributed by atoms with Crippen molar-refractivity contribution < 1.29 is 0 Å². The molecular formula is C50H30N2. The van der Waals surface area contributed by atoms with Crippen molar-refractivity contribution >= 4 is 86.7 Å². The Bertz CT molecular complexity index is 3330. The highest BCUT2D eigenvalue weighted by atomic mass is 15.5. The molecule has 0 aliphatic rings. The van der Waals surface area contributed by atoms with Crippen LogP contribution in [0.2, 0.25) is 0 Å². The van der Waals surface area contributed by atoms with Crippen LogP contribution in [0.5, 0.6) is 0 Å². The van der Waals surface area contributed by atoms with Crippen LogP contribution in [0, 0.1) is 0 Å². The van der Waals surface area contributed by atoms with E-state index in [9.17, 15) is 0 Å². The van der Waals surface area contributed by atoms with E-state index in [1.54, 1.807) is 0 Å². The van der Waals surface area contributed by atoms with Crippen molar-refractivity contribution in [3.05, 3.63) is 182 Å². The van der Waals surface area contributed by atoms with Gasteiger partial charge in [0.2, 0.25) is 0 Å². The summed E-state index contributed by atoms with van der Waals surface area (Å²) in [6.45, 7) is 0. The van der Waals surface area contributed by atoms with Gasteiger partial charge in [-0.3, -0.25) is 0 Å². The molecule has 0 aliphatic heterocycles. The Morgan fingerprint density at radius 1 is 0.269 bits per heavy atom. The Morgan fingerprint density at radius 2 is 0.692 bits per heavy atom. The van der Waals surface area contributed by atoms with Crippen molar-refractivity contribution in [2.75, 3.05) is 0 Å². The van der Waals surface area contributed by atoms with Crippen LogP contribution in [-0.4, -0.2) is 9.35 Å². The first kappa shape index (κ1) is 27.9. The van der Waals surface area contributed by atoms with Gasteiger partial charge in [0.15, 0.2) is 0 Å². The molecule has 0 saturated carbocycles. The van der Waals surface area contributed by atoms with Crippen molar-refractivity contribution in [3.63, 3.8) is 0 Å². The van der Waals surface area contributed by atoms with E-state index >= 15 is 0 Å². The number of nitrogens with zero attached hydrogens (tertiary/aromatic N) is 2. The molecule has 13 aromatic carbocycles. The molecule has 0 spiro atoms. The molecule has 2 heterocycles. The monoisotopic (exact) mass is 658 g/mol. The van der Waals surface area contributed by atoms with E-state index in [0.29, 0.717) is 0 Å². The lowest BCUT2D eigenvalue weighted by atomic mass is 9.84. The van der Waals surface area contributed by atoms with E-state index in [1.807, 2.05) is 0 Å². The van der Waals surface area contributed by atoms with E-state index in [4.69, 9.17) is 0 Å². The molecule has 0 fully saturated rings. The summed E-state index contributed by atoms with van der Waals surface area (Å²) in [5, 5.41) is 15.0. The fourth-order valence-corrected chi connectivity index (χ4v) is 9.28. The number of benzene rings is 9. The smallest absolute Gasteiger partial charge is 0.0800 e.